The van der Waals surface area contributed by atoms with Crippen LogP contribution in [0.25, 0.3) is 28.2 Å². The maximum atomic E-state index is 6.32. The summed E-state index contributed by atoms with van der Waals surface area (Å²) in [5, 5.41) is 0. The number of aryl methyl sites for hydroxylation is 1. The zero-order valence-corrected chi connectivity index (χ0v) is 17.4. The summed E-state index contributed by atoms with van der Waals surface area (Å²) in [7, 11) is 0. The molecule has 0 radical (unpaired) electrons. The number of aromatic nitrogens is 5. The number of ether oxygens (including phenoxy) is 1. The van der Waals surface area contributed by atoms with Gasteiger partial charge in [-0.05, 0) is 48.9 Å². The number of nitrogen functional groups attached to an aromatic ring is 2. The third kappa shape index (κ3) is 3.47. The summed E-state index contributed by atoms with van der Waals surface area (Å²) in [6.07, 6.45) is 5.84. The van der Waals surface area contributed by atoms with Crippen LogP contribution in [-0.2, 0) is 6.42 Å². The highest BCUT2D eigenvalue weighted by Gasteiger charge is 2.20. The average molecular weight is 423 g/mol. The van der Waals surface area contributed by atoms with Crippen LogP contribution in [0.1, 0.15) is 12.5 Å². The van der Waals surface area contributed by atoms with Gasteiger partial charge in [0.1, 0.15) is 11.4 Å². The summed E-state index contributed by atoms with van der Waals surface area (Å²) >= 11 is 0. The fourth-order valence-corrected chi connectivity index (χ4v) is 3.60. The van der Waals surface area contributed by atoms with Crippen molar-refractivity contribution in [2.45, 2.75) is 13.3 Å². The Balaban J connectivity index is 1.66. The van der Waals surface area contributed by atoms with Crippen molar-refractivity contribution in [3.05, 3.63) is 78.8 Å². The number of hydrogen-bond acceptors (Lipinski definition) is 7. The van der Waals surface area contributed by atoms with Gasteiger partial charge in [0.15, 0.2) is 0 Å². The SMILES string of the molecule is CCc1cnc(N)n2c(-c3ccc(Oc4ncccn4)cc3)c(-c3ccc(N)cc3)nc12. The van der Waals surface area contributed by atoms with E-state index in [1.807, 2.05) is 52.9 Å². The first kappa shape index (κ1) is 19.5. The van der Waals surface area contributed by atoms with Crippen LogP contribution < -0.4 is 16.2 Å². The Morgan fingerprint density at radius 1 is 0.875 bits per heavy atom. The van der Waals surface area contributed by atoms with E-state index in [-0.39, 0.29) is 0 Å². The summed E-state index contributed by atoms with van der Waals surface area (Å²) in [6, 6.07) is 17.3. The lowest BCUT2D eigenvalue weighted by Gasteiger charge is -2.10. The number of nitrogens with zero attached hydrogens (tertiary/aromatic N) is 5. The second kappa shape index (κ2) is 7.99. The van der Waals surface area contributed by atoms with Crippen LogP contribution >= 0.6 is 0 Å². The van der Waals surface area contributed by atoms with E-state index in [1.165, 1.54) is 0 Å². The molecule has 3 aromatic heterocycles. The van der Waals surface area contributed by atoms with Gasteiger partial charge in [-0.1, -0.05) is 19.1 Å². The molecule has 8 heteroatoms. The molecule has 4 N–H and O–H groups in total. The van der Waals surface area contributed by atoms with Crippen molar-refractivity contribution >= 4 is 17.3 Å². The standard InChI is InChI=1S/C24H21N7O/c1-2-15-14-29-23(26)31-21(20(30-22(15)31)16-4-8-18(25)9-5-16)17-6-10-19(11-7-17)32-24-27-12-3-13-28-24/h3-14H,2,25H2,1H3,(H2,26,29). The lowest BCUT2D eigenvalue weighted by Crippen LogP contribution is -2.04. The Morgan fingerprint density at radius 2 is 1.56 bits per heavy atom. The molecule has 8 nitrogen and oxygen atoms in total. The molecule has 0 amide bonds. The highest BCUT2D eigenvalue weighted by atomic mass is 16.5. The predicted molar refractivity (Wildman–Crippen MR) is 124 cm³/mol. The van der Waals surface area contributed by atoms with Crippen LogP contribution in [0.5, 0.6) is 11.8 Å². The van der Waals surface area contributed by atoms with Crippen molar-refractivity contribution in [2.24, 2.45) is 0 Å². The second-order valence-corrected chi connectivity index (χ2v) is 7.24. The quantitative estimate of drug-likeness (QED) is 0.403. The molecule has 0 saturated heterocycles. The summed E-state index contributed by atoms with van der Waals surface area (Å²) in [4.78, 5) is 17.6. The molecule has 0 saturated carbocycles. The minimum atomic E-state index is 0.290. The summed E-state index contributed by atoms with van der Waals surface area (Å²) in [6.45, 7) is 2.07. The van der Waals surface area contributed by atoms with Crippen LogP contribution in [-0.4, -0.2) is 24.3 Å². The summed E-state index contributed by atoms with van der Waals surface area (Å²) in [5.74, 6) is 1.00. The van der Waals surface area contributed by atoms with Gasteiger partial charge in [-0.15, -0.1) is 0 Å². The Kier molecular flexibility index (Phi) is 4.87. The van der Waals surface area contributed by atoms with E-state index in [0.717, 1.165) is 40.1 Å². The predicted octanol–water partition coefficient (Wildman–Crippen LogP) is 4.37. The molecule has 2 aromatic carbocycles. The lowest BCUT2D eigenvalue weighted by molar-refractivity contribution is 0.442. The van der Waals surface area contributed by atoms with Crippen molar-refractivity contribution < 1.29 is 4.74 Å². The van der Waals surface area contributed by atoms with Crippen LogP contribution in [0, 0.1) is 0 Å². The van der Waals surface area contributed by atoms with E-state index in [2.05, 4.69) is 21.9 Å². The number of anilines is 2. The van der Waals surface area contributed by atoms with Gasteiger partial charge >= 0.3 is 6.01 Å². The molecular formula is C24H21N7O. The largest absolute Gasteiger partial charge is 0.424 e. The monoisotopic (exact) mass is 423 g/mol. The van der Waals surface area contributed by atoms with Crippen molar-refractivity contribution in [3.63, 3.8) is 0 Å². The molecular weight excluding hydrogens is 402 g/mol. The zero-order chi connectivity index (χ0) is 22.1. The van der Waals surface area contributed by atoms with E-state index in [9.17, 15) is 0 Å². The molecule has 0 aliphatic carbocycles. The third-order valence-corrected chi connectivity index (χ3v) is 5.19. The van der Waals surface area contributed by atoms with E-state index in [4.69, 9.17) is 21.2 Å². The Morgan fingerprint density at radius 3 is 2.25 bits per heavy atom. The number of fused-ring (bicyclic) bond motifs is 1. The van der Waals surface area contributed by atoms with Gasteiger partial charge in [0, 0.05) is 41.0 Å². The van der Waals surface area contributed by atoms with Crippen LogP contribution in [0.4, 0.5) is 11.6 Å². The normalized spacial score (nSPS) is 11.0. The molecule has 0 atom stereocenters. The van der Waals surface area contributed by atoms with E-state index < -0.39 is 0 Å². The van der Waals surface area contributed by atoms with Crippen molar-refractivity contribution in [1.29, 1.82) is 0 Å². The average Bonchev–Trinajstić information content (AvgIpc) is 3.23. The molecule has 0 spiro atoms. The number of imidazole rings is 1. The van der Waals surface area contributed by atoms with Gasteiger partial charge in [-0.2, -0.15) is 0 Å². The maximum absolute atomic E-state index is 6.32. The molecule has 0 fully saturated rings. The smallest absolute Gasteiger partial charge is 0.321 e. The van der Waals surface area contributed by atoms with E-state index in [1.54, 1.807) is 24.7 Å². The molecule has 3 heterocycles. The number of nitrogens with two attached hydrogens (primary N) is 2. The van der Waals surface area contributed by atoms with Gasteiger partial charge in [-0.25, -0.2) is 19.9 Å². The Bertz CT molecular complexity index is 1380. The van der Waals surface area contributed by atoms with Crippen molar-refractivity contribution in [1.82, 2.24) is 24.3 Å². The second-order valence-electron chi connectivity index (χ2n) is 7.24. The fraction of sp³-hybridized carbons (Fsp3) is 0.0833. The minimum Gasteiger partial charge on any atom is -0.424 e. The topological polar surface area (TPSA) is 117 Å². The highest BCUT2D eigenvalue weighted by Crippen LogP contribution is 2.36. The maximum Gasteiger partial charge on any atom is 0.321 e. The molecule has 158 valence electrons. The van der Waals surface area contributed by atoms with Gasteiger partial charge < -0.3 is 16.2 Å². The highest BCUT2D eigenvalue weighted by molar-refractivity contribution is 5.84. The van der Waals surface area contributed by atoms with Crippen molar-refractivity contribution in [2.75, 3.05) is 11.5 Å². The fourth-order valence-electron chi connectivity index (χ4n) is 3.60. The van der Waals surface area contributed by atoms with E-state index >= 15 is 0 Å². The molecule has 0 aliphatic rings. The zero-order valence-electron chi connectivity index (χ0n) is 17.4. The lowest BCUT2D eigenvalue weighted by atomic mass is 10.0. The molecule has 0 aliphatic heterocycles. The third-order valence-electron chi connectivity index (χ3n) is 5.19. The molecule has 5 aromatic rings. The van der Waals surface area contributed by atoms with Crippen molar-refractivity contribution in [3.8, 4) is 34.3 Å². The Labute approximate surface area is 184 Å². The minimum absolute atomic E-state index is 0.290. The number of rotatable bonds is 5. The van der Waals surface area contributed by atoms with Crippen LogP contribution in [0.3, 0.4) is 0 Å². The van der Waals surface area contributed by atoms with E-state index in [0.29, 0.717) is 23.4 Å². The molecule has 32 heavy (non-hydrogen) atoms. The first-order valence-corrected chi connectivity index (χ1v) is 10.2. The van der Waals surface area contributed by atoms with Crippen LogP contribution in [0.15, 0.2) is 73.2 Å². The van der Waals surface area contributed by atoms with Crippen LogP contribution in [0.2, 0.25) is 0 Å². The number of benzene rings is 2. The van der Waals surface area contributed by atoms with Gasteiger partial charge in [0.25, 0.3) is 0 Å². The van der Waals surface area contributed by atoms with Gasteiger partial charge in [0.05, 0.1) is 11.4 Å². The summed E-state index contributed by atoms with van der Waals surface area (Å²) < 4.78 is 7.63. The Hall–Kier alpha value is -4.46. The van der Waals surface area contributed by atoms with Gasteiger partial charge in [0.2, 0.25) is 5.95 Å². The van der Waals surface area contributed by atoms with Gasteiger partial charge in [-0.3, -0.25) is 4.40 Å². The number of hydrogen-bond donors (Lipinski definition) is 2. The summed E-state index contributed by atoms with van der Waals surface area (Å²) in [5.41, 5.74) is 18.2. The molecule has 0 bridgehead atoms. The first-order valence-electron chi connectivity index (χ1n) is 10.2. The molecule has 5 rings (SSSR count). The molecule has 0 unspecified atom stereocenters. The first-order chi connectivity index (χ1) is 15.6.